The van der Waals surface area contributed by atoms with Crippen molar-refractivity contribution in [3.8, 4) is 17.1 Å². The number of aromatic carboxylic acids is 1. The van der Waals surface area contributed by atoms with Crippen LogP contribution in [0.5, 0.6) is 5.75 Å². The Morgan fingerprint density at radius 2 is 2.16 bits per heavy atom. The lowest BCUT2D eigenvalue weighted by molar-refractivity contribution is 0.0696. The van der Waals surface area contributed by atoms with Gasteiger partial charge in [-0.15, -0.1) is 0 Å². The van der Waals surface area contributed by atoms with Gasteiger partial charge in [-0.05, 0) is 18.2 Å². The number of benzene rings is 1. The maximum Gasteiger partial charge on any atom is 0.335 e. The summed E-state index contributed by atoms with van der Waals surface area (Å²) in [5.41, 5.74) is 7.26. The molecular weight excluding hydrogens is 246 g/mol. The van der Waals surface area contributed by atoms with Crippen molar-refractivity contribution in [2.75, 3.05) is 12.8 Å². The highest BCUT2D eigenvalue weighted by Gasteiger charge is 2.15. The van der Waals surface area contributed by atoms with E-state index < -0.39 is 5.97 Å². The summed E-state index contributed by atoms with van der Waals surface area (Å²) in [4.78, 5) is 10.9. The first-order valence-electron chi connectivity index (χ1n) is 5.86. The van der Waals surface area contributed by atoms with Gasteiger partial charge in [-0.25, -0.2) is 4.79 Å². The van der Waals surface area contributed by atoms with Crippen LogP contribution in [0.15, 0.2) is 28.7 Å². The molecule has 0 aliphatic carbocycles. The van der Waals surface area contributed by atoms with E-state index in [1.54, 1.807) is 12.1 Å². The quantitative estimate of drug-likeness (QED) is 0.883. The molecule has 0 fully saturated rings. The number of anilines is 1. The number of furan rings is 1. The molecule has 0 saturated heterocycles. The minimum absolute atomic E-state index is 0.163. The van der Waals surface area contributed by atoms with Crippen molar-refractivity contribution in [3.05, 3.63) is 35.6 Å². The van der Waals surface area contributed by atoms with Crippen molar-refractivity contribution < 1.29 is 19.1 Å². The second kappa shape index (κ2) is 5.06. The van der Waals surface area contributed by atoms with Crippen molar-refractivity contribution in [1.29, 1.82) is 0 Å². The van der Waals surface area contributed by atoms with Crippen molar-refractivity contribution in [3.63, 3.8) is 0 Å². The summed E-state index contributed by atoms with van der Waals surface area (Å²) >= 11 is 0. The van der Waals surface area contributed by atoms with E-state index in [0.29, 0.717) is 34.9 Å². The number of rotatable bonds is 4. The molecule has 2 rings (SSSR count). The fourth-order valence-electron chi connectivity index (χ4n) is 1.88. The number of hydrogen-bond acceptors (Lipinski definition) is 4. The van der Waals surface area contributed by atoms with Crippen LogP contribution in [0.2, 0.25) is 0 Å². The van der Waals surface area contributed by atoms with Gasteiger partial charge in [0.25, 0.3) is 0 Å². The molecule has 2 aromatic rings. The van der Waals surface area contributed by atoms with Gasteiger partial charge in [-0.1, -0.05) is 6.92 Å². The van der Waals surface area contributed by atoms with Crippen LogP contribution in [0, 0.1) is 0 Å². The molecule has 0 unspecified atom stereocenters. The highest BCUT2D eigenvalue weighted by atomic mass is 16.5. The third-order valence-corrected chi connectivity index (χ3v) is 2.88. The Kier molecular flexibility index (Phi) is 3.46. The Morgan fingerprint density at radius 3 is 2.68 bits per heavy atom. The molecule has 0 bridgehead atoms. The number of nitrogens with two attached hydrogens (primary N) is 1. The minimum Gasteiger partial charge on any atom is -0.496 e. The zero-order valence-electron chi connectivity index (χ0n) is 10.8. The normalized spacial score (nSPS) is 10.4. The van der Waals surface area contributed by atoms with Crippen LogP contribution in [0.4, 0.5) is 5.69 Å². The maximum atomic E-state index is 10.9. The standard InChI is InChI=1S/C14H15NO4/c1-3-11-10(15)7-13(19-11)9-5-4-8(14(16)17)6-12(9)18-2/h4-7H,3,15H2,1-2H3,(H,16,17). The van der Waals surface area contributed by atoms with E-state index in [1.807, 2.05) is 6.92 Å². The van der Waals surface area contributed by atoms with Gasteiger partial charge in [-0.2, -0.15) is 0 Å². The Balaban J connectivity index is 2.51. The molecule has 1 aromatic carbocycles. The fourth-order valence-corrected chi connectivity index (χ4v) is 1.88. The highest BCUT2D eigenvalue weighted by Crippen LogP contribution is 2.34. The molecule has 0 spiro atoms. The third kappa shape index (κ3) is 2.40. The second-order valence-corrected chi connectivity index (χ2v) is 4.06. The van der Waals surface area contributed by atoms with Crippen molar-refractivity contribution >= 4 is 11.7 Å². The molecule has 0 saturated carbocycles. The fraction of sp³-hybridized carbons (Fsp3) is 0.214. The lowest BCUT2D eigenvalue weighted by atomic mass is 10.1. The summed E-state index contributed by atoms with van der Waals surface area (Å²) in [6.45, 7) is 1.95. The van der Waals surface area contributed by atoms with E-state index in [1.165, 1.54) is 19.2 Å². The molecule has 19 heavy (non-hydrogen) atoms. The highest BCUT2D eigenvalue weighted by molar-refractivity contribution is 5.89. The summed E-state index contributed by atoms with van der Waals surface area (Å²) in [7, 11) is 1.48. The summed E-state index contributed by atoms with van der Waals surface area (Å²) in [6, 6.07) is 6.34. The van der Waals surface area contributed by atoms with E-state index in [4.69, 9.17) is 20.0 Å². The number of carboxylic acid groups (broad SMARTS) is 1. The van der Waals surface area contributed by atoms with Gasteiger partial charge in [0.2, 0.25) is 0 Å². The van der Waals surface area contributed by atoms with Crippen LogP contribution in [0.1, 0.15) is 23.0 Å². The molecule has 0 aliphatic rings. The largest absolute Gasteiger partial charge is 0.496 e. The van der Waals surface area contributed by atoms with Crippen molar-refractivity contribution in [2.24, 2.45) is 0 Å². The number of hydrogen-bond donors (Lipinski definition) is 2. The van der Waals surface area contributed by atoms with Crippen LogP contribution in [-0.4, -0.2) is 18.2 Å². The molecule has 0 atom stereocenters. The molecule has 0 amide bonds. The van der Waals surface area contributed by atoms with E-state index in [0.717, 1.165) is 0 Å². The number of carbonyl (C=O) groups is 1. The first kappa shape index (κ1) is 13.0. The van der Waals surface area contributed by atoms with E-state index in [2.05, 4.69) is 0 Å². The smallest absolute Gasteiger partial charge is 0.335 e. The molecular formula is C14H15NO4. The number of methoxy groups -OCH3 is 1. The first-order valence-corrected chi connectivity index (χ1v) is 5.86. The van der Waals surface area contributed by atoms with E-state index in [9.17, 15) is 4.79 Å². The summed E-state index contributed by atoms with van der Waals surface area (Å²) in [6.07, 6.45) is 0.696. The zero-order valence-corrected chi connectivity index (χ0v) is 10.8. The first-order chi connectivity index (χ1) is 9.06. The number of ether oxygens (including phenoxy) is 1. The molecule has 3 N–H and O–H groups in total. The van der Waals surface area contributed by atoms with Crippen LogP contribution < -0.4 is 10.5 Å². The van der Waals surface area contributed by atoms with Gasteiger partial charge < -0.3 is 20.0 Å². The Morgan fingerprint density at radius 1 is 1.42 bits per heavy atom. The van der Waals surface area contributed by atoms with Gasteiger partial charge in [0.15, 0.2) is 0 Å². The molecule has 100 valence electrons. The number of carboxylic acids is 1. The van der Waals surface area contributed by atoms with Crippen LogP contribution >= 0.6 is 0 Å². The molecule has 1 heterocycles. The zero-order chi connectivity index (χ0) is 14.0. The van der Waals surface area contributed by atoms with Crippen molar-refractivity contribution in [1.82, 2.24) is 0 Å². The average Bonchev–Trinajstić information content (AvgIpc) is 2.78. The predicted molar refractivity (Wildman–Crippen MR) is 71.4 cm³/mol. The molecule has 5 heteroatoms. The topological polar surface area (TPSA) is 85.7 Å². The SMILES string of the molecule is CCc1oc(-c2ccc(C(=O)O)cc2OC)cc1N. The second-order valence-electron chi connectivity index (χ2n) is 4.06. The number of aryl methyl sites for hydroxylation is 1. The van der Waals surface area contributed by atoms with Gasteiger partial charge >= 0.3 is 5.97 Å². The third-order valence-electron chi connectivity index (χ3n) is 2.88. The molecule has 5 nitrogen and oxygen atoms in total. The summed E-state index contributed by atoms with van der Waals surface area (Å²) in [5, 5.41) is 8.95. The summed E-state index contributed by atoms with van der Waals surface area (Å²) < 4.78 is 10.8. The Bertz CT molecular complexity index is 616. The summed E-state index contributed by atoms with van der Waals surface area (Å²) in [5.74, 6) is 0.719. The molecule has 0 aliphatic heterocycles. The van der Waals surface area contributed by atoms with Gasteiger partial charge in [-0.3, -0.25) is 0 Å². The monoisotopic (exact) mass is 261 g/mol. The molecule has 1 aromatic heterocycles. The van der Waals surface area contributed by atoms with Crippen LogP contribution in [-0.2, 0) is 6.42 Å². The van der Waals surface area contributed by atoms with Gasteiger partial charge in [0.05, 0.1) is 23.9 Å². The van der Waals surface area contributed by atoms with Gasteiger partial charge in [0, 0.05) is 12.5 Å². The predicted octanol–water partition coefficient (Wildman–Crippen LogP) is 2.80. The lowest BCUT2D eigenvalue weighted by Gasteiger charge is -2.07. The average molecular weight is 261 g/mol. The van der Waals surface area contributed by atoms with Crippen LogP contribution in [0.25, 0.3) is 11.3 Å². The Labute approximate surface area is 110 Å². The lowest BCUT2D eigenvalue weighted by Crippen LogP contribution is -1.97. The number of nitrogen functional groups attached to an aromatic ring is 1. The van der Waals surface area contributed by atoms with E-state index in [-0.39, 0.29) is 5.56 Å². The van der Waals surface area contributed by atoms with Gasteiger partial charge in [0.1, 0.15) is 17.3 Å². The van der Waals surface area contributed by atoms with Crippen molar-refractivity contribution in [2.45, 2.75) is 13.3 Å². The molecule has 0 radical (unpaired) electrons. The minimum atomic E-state index is -1.00. The van der Waals surface area contributed by atoms with Crippen LogP contribution in [0.3, 0.4) is 0 Å². The Hall–Kier alpha value is -2.43. The maximum absolute atomic E-state index is 10.9. The van der Waals surface area contributed by atoms with E-state index >= 15 is 0 Å².